The second-order valence-corrected chi connectivity index (χ2v) is 6.91. The fraction of sp³-hybridized carbons (Fsp3) is 0.250. The normalized spacial score (nSPS) is 14.7. The van der Waals surface area contributed by atoms with Gasteiger partial charge in [0.1, 0.15) is 11.5 Å². The van der Waals surface area contributed by atoms with Crippen LogP contribution in [0.2, 0.25) is 0 Å². The molecule has 0 N–H and O–H groups in total. The number of pyridine rings is 1. The molecule has 3 aromatic heterocycles. The van der Waals surface area contributed by atoms with Gasteiger partial charge < -0.3 is 0 Å². The Bertz CT molecular complexity index is 1110. The molecule has 1 aliphatic heterocycles. The number of rotatable bonds is 2. The van der Waals surface area contributed by atoms with Gasteiger partial charge in [0.15, 0.2) is 5.82 Å². The maximum atomic E-state index is 4.77. The lowest BCUT2D eigenvalue weighted by Crippen LogP contribution is -2.30. The van der Waals surface area contributed by atoms with Crippen LogP contribution < -0.4 is 0 Å². The summed E-state index contributed by atoms with van der Waals surface area (Å²) in [5.41, 5.74) is 5.45. The third-order valence-corrected chi connectivity index (χ3v) is 5.04. The van der Waals surface area contributed by atoms with Crippen LogP contribution in [0.3, 0.4) is 0 Å². The van der Waals surface area contributed by atoms with Gasteiger partial charge in [-0.05, 0) is 37.7 Å². The van der Waals surface area contributed by atoms with Crippen molar-refractivity contribution in [1.82, 2.24) is 29.0 Å². The molecule has 0 unspecified atom stereocenters. The first-order valence-electron chi connectivity index (χ1n) is 8.85. The molecule has 4 heterocycles. The van der Waals surface area contributed by atoms with Crippen LogP contribution in [0.25, 0.3) is 28.3 Å². The minimum atomic E-state index is 0.797. The summed E-state index contributed by atoms with van der Waals surface area (Å²) in [5, 5.41) is 4.73. The van der Waals surface area contributed by atoms with Gasteiger partial charge in [0.05, 0.1) is 25.0 Å². The SMILES string of the molecule is Cc1ccc(-c2nc3n(n2)CCN(C)C3)cc1-c1cnc2ccccn12. The first-order valence-corrected chi connectivity index (χ1v) is 8.85. The van der Waals surface area contributed by atoms with E-state index in [0.29, 0.717) is 0 Å². The lowest BCUT2D eigenvalue weighted by atomic mass is 10.0. The Morgan fingerprint density at radius 2 is 2.00 bits per heavy atom. The molecular weight excluding hydrogens is 324 g/mol. The van der Waals surface area contributed by atoms with Crippen molar-refractivity contribution in [2.75, 3.05) is 13.6 Å². The molecule has 1 aromatic carbocycles. The maximum Gasteiger partial charge on any atom is 0.181 e. The van der Waals surface area contributed by atoms with Gasteiger partial charge in [-0.2, -0.15) is 5.10 Å². The van der Waals surface area contributed by atoms with E-state index in [-0.39, 0.29) is 0 Å². The molecule has 0 fully saturated rings. The molecule has 0 radical (unpaired) electrons. The molecule has 26 heavy (non-hydrogen) atoms. The van der Waals surface area contributed by atoms with Crippen molar-refractivity contribution < 1.29 is 0 Å². The van der Waals surface area contributed by atoms with Crippen molar-refractivity contribution >= 4 is 5.65 Å². The highest BCUT2D eigenvalue weighted by molar-refractivity contribution is 5.72. The number of imidazole rings is 1. The maximum absolute atomic E-state index is 4.77. The molecule has 0 aliphatic carbocycles. The van der Waals surface area contributed by atoms with Crippen LogP contribution in [0.15, 0.2) is 48.8 Å². The fourth-order valence-corrected chi connectivity index (χ4v) is 3.55. The summed E-state index contributed by atoms with van der Waals surface area (Å²) in [4.78, 5) is 11.6. The summed E-state index contributed by atoms with van der Waals surface area (Å²) in [6.07, 6.45) is 3.98. The zero-order valence-electron chi connectivity index (χ0n) is 14.9. The predicted molar refractivity (Wildman–Crippen MR) is 101 cm³/mol. The first-order chi connectivity index (χ1) is 12.7. The van der Waals surface area contributed by atoms with Crippen LogP contribution in [0, 0.1) is 6.92 Å². The number of likely N-dealkylation sites (N-methyl/N-ethyl adjacent to an activating group) is 1. The van der Waals surface area contributed by atoms with E-state index in [2.05, 4.69) is 46.5 Å². The van der Waals surface area contributed by atoms with Gasteiger partial charge in [-0.1, -0.05) is 18.2 Å². The van der Waals surface area contributed by atoms with Crippen molar-refractivity contribution in [3.63, 3.8) is 0 Å². The van der Waals surface area contributed by atoms with Crippen molar-refractivity contribution in [2.45, 2.75) is 20.0 Å². The number of hydrogen-bond donors (Lipinski definition) is 0. The fourth-order valence-electron chi connectivity index (χ4n) is 3.55. The van der Waals surface area contributed by atoms with Gasteiger partial charge in [-0.25, -0.2) is 14.6 Å². The van der Waals surface area contributed by atoms with Crippen LogP contribution in [-0.2, 0) is 13.1 Å². The Balaban J connectivity index is 1.61. The number of nitrogens with zero attached hydrogens (tertiary/aromatic N) is 6. The lowest BCUT2D eigenvalue weighted by Gasteiger charge is -2.21. The predicted octanol–water partition coefficient (Wildman–Crippen LogP) is 3.01. The van der Waals surface area contributed by atoms with Crippen molar-refractivity contribution in [3.05, 3.63) is 60.2 Å². The highest BCUT2D eigenvalue weighted by Gasteiger charge is 2.19. The molecule has 5 rings (SSSR count). The topological polar surface area (TPSA) is 51.2 Å². The molecule has 6 nitrogen and oxygen atoms in total. The Morgan fingerprint density at radius 3 is 2.92 bits per heavy atom. The number of aromatic nitrogens is 5. The highest BCUT2D eigenvalue weighted by Crippen LogP contribution is 2.29. The van der Waals surface area contributed by atoms with Crippen molar-refractivity contribution in [2.24, 2.45) is 0 Å². The van der Waals surface area contributed by atoms with Crippen LogP contribution >= 0.6 is 0 Å². The van der Waals surface area contributed by atoms with E-state index in [1.165, 1.54) is 5.56 Å². The molecule has 4 aromatic rings. The zero-order chi connectivity index (χ0) is 17.7. The number of fused-ring (bicyclic) bond motifs is 2. The Morgan fingerprint density at radius 1 is 1.08 bits per heavy atom. The Hall–Kier alpha value is -2.99. The van der Waals surface area contributed by atoms with Crippen LogP contribution in [0.5, 0.6) is 0 Å². The monoisotopic (exact) mass is 344 g/mol. The summed E-state index contributed by atoms with van der Waals surface area (Å²) in [5.74, 6) is 1.83. The van der Waals surface area contributed by atoms with E-state index >= 15 is 0 Å². The van der Waals surface area contributed by atoms with E-state index in [0.717, 1.165) is 53.8 Å². The molecule has 0 atom stereocenters. The minimum absolute atomic E-state index is 0.797. The van der Waals surface area contributed by atoms with E-state index in [4.69, 9.17) is 10.1 Å². The third-order valence-electron chi connectivity index (χ3n) is 5.04. The van der Waals surface area contributed by atoms with Crippen molar-refractivity contribution in [1.29, 1.82) is 0 Å². The first kappa shape index (κ1) is 15.3. The summed E-state index contributed by atoms with van der Waals surface area (Å²) in [7, 11) is 2.12. The van der Waals surface area contributed by atoms with Crippen LogP contribution in [0.1, 0.15) is 11.4 Å². The summed E-state index contributed by atoms with van der Waals surface area (Å²) < 4.78 is 4.15. The van der Waals surface area contributed by atoms with E-state index in [9.17, 15) is 0 Å². The number of aryl methyl sites for hydroxylation is 1. The summed E-state index contributed by atoms with van der Waals surface area (Å²) >= 11 is 0. The summed E-state index contributed by atoms with van der Waals surface area (Å²) in [6, 6.07) is 12.5. The van der Waals surface area contributed by atoms with Gasteiger partial charge >= 0.3 is 0 Å². The number of hydrogen-bond acceptors (Lipinski definition) is 4. The van der Waals surface area contributed by atoms with E-state index in [1.54, 1.807) is 0 Å². The lowest BCUT2D eigenvalue weighted by molar-refractivity contribution is 0.254. The zero-order valence-corrected chi connectivity index (χ0v) is 14.9. The molecule has 6 heteroatoms. The smallest absolute Gasteiger partial charge is 0.181 e. The van der Waals surface area contributed by atoms with Gasteiger partial charge in [-0.15, -0.1) is 0 Å². The van der Waals surface area contributed by atoms with E-state index < -0.39 is 0 Å². The van der Waals surface area contributed by atoms with Crippen LogP contribution in [-0.4, -0.2) is 42.6 Å². The largest absolute Gasteiger partial charge is 0.300 e. The standard InChI is InChI=1S/C20H20N6/c1-14-6-7-15(20-22-19-13-24(2)9-10-26(19)23-20)11-16(14)17-12-21-18-5-3-4-8-25(17)18/h3-8,11-12H,9-10,13H2,1-2H3. The van der Waals surface area contributed by atoms with E-state index in [1.807, 2.05) is 35.3 Å². The molecule has 0 spiro atoms. The van der Waals surface area contributed by atoms with Gasteiger partial charge in [0.25, 0.3) is 0 Å². The average molecular weight is 344 g/mol. The molecule has 1 aliphatic rings. The van der Waals surface area contributed by atoms with Gasteiger partial charge in [-0.3, -0.25) is 9.30 Å². The highest BCUT2D eigenvalue weighted by atomic mass is 15.4. The molecule has 0 amide bonds. The van der Waals surface area contributed by atoms with Gasteiger partial charge in [0.2, 0.25) is 0 Å². The molecule has 0 saturated heterocycles. The van der Waals surface area contributed by atoms with Crippen LogP contribution in [0.4, 0.5) is 0 Å². The molecule has 0 bridgehead atoms. The Kier molecular flexibility index (Phi) is 3.39. The van der Waals surface area contributed by atoms with Gasteiger partial charge in [0, 0.05) is 23.9 Å². The molecular formula is C20H20N6. The summed E-state index contributed by atoms with van der Waals surface area (Å²) in [6.45, 7) is 4.88. The average Bonchev–Trinajstić information content (AvgIpc) is 3.26. The van der Waals surface area contributed by atoms with Crippen molar-refractivity contribution in [3.8, 4) is 22.6 Å². The third kappa shape index (κ3) is 2.42. The second kappa shape index (κ2) is 5.78. The molecule has 130 valence electrons. The quantitative estimate of drug-likeness (QED) is 0.561. The molecule has 0 saturated carbocycles. The minimum Gasteiger partial charge on any atom is -0.300 e. The second-order valence-electron chi connectivity index (χ2n) is 6.91. The number of benzene rings is 1. The Labute approximate surface area is 151 Å².